The van der Waals surface area contributed by atoms with Crippen molar-refractivity contribution in [3.05, 3.63) is 70.5 Å². The van der Waals surface area contributed by atoms with E-state index in [4.69, 9.17) is 0 Å². The zero-order chi connectivity index (χ0) is 12.4. The van der Waals surface area contributed by atoms with Crippen LogP contribution in [0.1, 0.15) is 16.7 Å². The van der Waals surface area contributed by atoms with Crippen molar-refractivity contribution in [1.82, 2.24) is 0 Å². The van der Waals surface area contributed by atoms with Crippen molar-refractivity contribution in [3.8, 4) is 0 Å². The summed E-state index contributed by atoms with van der Waals surface area (Å²) in [5.74, 6) is -2.89. The van der Waals surface area contributed by atoms with Gasteiger partial charge in [0.2, 0.25) is 0 Å². The summed E-state index contributed by atoms with van der Waals surface area (Å²) in [5, 5.41) is 0. The summed E-state index contributed by atoms with van der Waals surface area (Å²) >= 11 is 0. The third-order valence-electron chi connectivity index (χ3n) is 2.57. The second-order valence-electron chi connectivity index (χ2n) is 4.02. The lowest BCUT2D eigenvalue weighted by molar-refractivity contribution is 0.491. The van der Waals surface area contributed by atoms with Gasteiger partial charge in [-0.25, -0.2) is 13.2 Å². The van der Waals surface area contributed by atoms with Crippen LogP contribution < -0.4 is 0 Å². The van der Waals surface area contributed by atoms with Gasteiger partial charge in [0.25, 0.3) is 0 Å². The first kappa shape index (κ1) is 11.7. The van der Waals surface area contributed by atoms with Gasteiger partial charge in [0.15, 0.2) is 11.6 Å². The SMILES string of the molecule is Cc1cccc(Cc2cc(F)c(F)cc2F)c1. The topological polar surface area (TPSA) is 0 Å². The molecule has 0 atom stereocenters. The minimum atomic E-state index is -1.16. The van der Waals surface area contributed by atoms with Crippen molar-refractivity contribution in [2.45, 2.75) is 13.3 Å². The lowest BCUT2D eigenvalue weighted by Crippen LogP contribution is -1.97. The Morgan fingerprint density at radius 2 is 1.59 bits per heavy atom. The lowest BCUT2D eigenvalue weighted by atomic mass is 10.0. The molecule has 0 saturated carbocycles. The Bertz CT molecular complexity index is 547. The van der Waals surface area contributed by atoms with E-state index in [1.54, 1.807) is 0 Å². The molecule has 2 rings (SSSR count). The van der Waals surface area contributed by atoms with Gasteiger partial charge in [-0.1, -0.05) is 29.8 Å². The Morgan fingerprint density at radius 1 is 0.882 bits per heavy atom. The van der Waals surface area contributed by atoms with Gasteiger partial charge in [0, 0.05) is 12.5 Å². The van der Waals surface area contributed by atoms with Gasteiger partial charge in [-0.15, -0.1) is 0 Å². The average molecular weight is 236 g/mol. The summed E-state index contributed by atoms with van der Waals surface area (Å²) in [6, 6.07) is 8.98. The van der Waals surface area contributed by atoms with Crippen LogP contribution in [-0.2, 0) is 6.42 Å². The molecule has 0 fully saturated rings. The van der Waals surface area contributed by atoms with Crippen molar-refractivity contribution in [1.29, 1.82) is 0 Å². The molecule has 0 aliphatic heterocycles. The van der Waals surface area contributed by atoms with Gasteiger partial charge in [-0.3, -0.25) is 0 Å². The highest BCUT2D eigenvalue weighted by Gasteiger charge is 2.10. The van der Waals surface area contributed by atoms with E-state index < -0.39 is 17.5 Å². The predicted molar refractivity (Wildman–Crippen MR) is 60.3 cm³/mol. The van der Waals surface area contributed by atoms with Gasteiger partial charge in [-0.05, 0) is 24.1 Å². The van der Waals surface area contributed by atoms with Crippen LogP contribution in [0.3, 0.4) is 0 Å². The largest absolute Gasteiger partial charge is 0.207 e. The Balaban J connectivity index is 2.33. The van der Waals surface area contributed by atoms with E-state index in [1.165, 1.54) is 0 Å². The van der Waals surface area contributed by atoms with Crippen molar-refractivity contribution in [2.75, 3.05) is 0 Å². The molecule has 0 amide bonds. The molecule has 0 aliphatic carbocycles. The van der Waals surface area contributed by atoms with Crippen LogP contribution in [0.2, 0.25) is 0 Å². The number of rotatable bonds is 2. The highest BCUT2D eigenvalue weighted by molar-refractivity contribution is 5.30. The number of hydrogen-bond acceptors (Lipinski definition) is 0. The van der Waals surface area contributed by atoms with Crippen LogP contribution in [0, 0.1) is 24.4 Å². The van der Waals surface area contributed by atoms with E-state index in [9.17, 15) is 13.2 Å². The molecule has 17 heavy (non-hydrogen) atoms. The maximum Gasteiger partial charge on any atom is 0.161 e. The normalized spacial score (nSPS) is 10.6. The van der Waals surface area contributed by atoms with Gasteiger partial charge in [0.1, 0.15) is 5.82 Å². The Kier molecular flexibility index (Phi) is 3.18. The molecule has 0 spiro atoms. The van der Waals surface area contributed by atoms with Crippen molar-refractivity contribution < 1.29 is 13.2 Å². The predicted octanol–water partition coefficient (Wildman–Crippen LogP) is 4.00. The first-order valence-corrected chi connectivity index (χ1v) is 5.25. The van der Waals surface area contributed by atoms with E-state index in [2.05, 4.69) is 0 Å². The lowest BCUT2D eigenvalue weighted by Gasteiger charge is -2.05. The minimum absolute atomic E-state index is 0.162. The third-order valence-corrected chi connectivity index (χ3v) is 2.57. The van der Waals surface area contributed by atoms with Gasteiger partial charge < -0.3 is 0 Å². The molecule has 2 aromatic rings. The molecule has 0 aromatic heterocycles. The molecule has 0 unspecified atom stereocenters. The molecule has 2 aromatic carbocycles. The number of halogens is 3. The van der Waals surface area contributed by atoms with E-state index in [0.717, 1.165) is 17.2 Å². The first-order chi connectivity index (χ1) is 8.06. The average Bonchev–Trinajstić information content (AvgIpc) is 2.26. The second kappa shape index (κ2) is 4.62. The third kappa shape index (κ3) is 2.67. The molecule has 0 bridgehead atoms. The Labute approximate surface area is 97.7 Å². The monoisotopic (exact) mass is 236 g/mol. The number of hydrogen-bond donors (Lipinski definition) is 0. The van der Waals surface area contributed by atoms with Crippen molar-refractivity contribution in [3.63, 3.8) is 0 Å². The molecular weight excluding hydrogens is 225 g/mol. The molecular formula is C14H11F3. The van der Waals surface area contributed by atoms with Gasteiger partial charge >= 0.3 is 0 Å². The minimum Gasteiger partial charge on any atom is -0.207 e. The molecule has 0 nitrogen and oxygen atoms in total. The second-order valence-corrected chi connectivity index (χ2v) is 4.02. The first-order valence-electron chi connectivity index (χ1n) is 5.25. The maximum atomic E-state index is 13.4. The van der Waals surface area contributed by atoms with Crippen LogP contribution in [0.15, 0.2) is 36.4 Å². The van der Waals surface area contributed by atoms with Crippen LogP contribution in [0.25, 0.3) is 0 Å². The van der Waals surface area contributed by atoms with Crippen molar-refractivity contribution >= 4 is 0 Å². The molecule has 0 N–H and O–H groups in total. The number of benzene rings is 2. The molecule has 3 heteroatoms. The van der Waals surface area contributed by atoms with E-state index >= 15 is 0 Å². The van der Waals surface area contributed by atoms with Crippen LogP contribution in [-0.4, -0.2) is 0 Å². The fourth-order valence-electron chi connectivity index (χ4n) is 1.74. The Morgan fingerprint density at radius 3 is 2.29 bits per heavy atom. The van der Waals surface area contributed by atoms with Gasteiger partial charge in [0.05, 0.1) is 0 Å². The van der Waals surface area contributed by atoms with Crippen LogP contribution >= 0.6 is 0 Å². The highest BCUT2D eigenvalue weighted by atomic mass is 19.2. The standard InChI is InChI=1S/C14H11F3/c1-9-3-2-4-10(5-9)6-11-7-13(16)14(17)8-12(11)15/h2-5,7-8H,6H2,1H3. The Hall–Kier alpha value is -1.77. The van der Waals surface area contributed by atoms with Crippen LogP contribution in [0.4, 0.5) is 13.2 Å². The summed E-state index contributed by atoms with van der Waals surface area (Å²) in [7, 11) is 0. The number of aryl methyl sites for hydroxylation is 1. The van der Waals surface area contributed by atoms with E-state index in [-0.39, 0.29) is 12.0 Å². The smallest absolute Gasteiger partial charge is 0.161 e. The quantitative estimate of drug-likeness (QED) is 0.691. The van der Waals surface area contributed by atoms with Gasteiger partial charge in [-0.2, -0.15) is 0 Å². The maximum absolute atomic E-state index is 13.4. The zero-order valence-electron chi connectivity index (χ0n) is 9.31. The molecule has 0 saturated heterocycles. The zero-order valence-corrected chi connectivity index (χ0v) is 9.31. The van der Waals surface area contributed by atoms with Crippen LogP contribution in [0.5, 0.6) is 0 Å². The summed E-state index contributed by atoms with van der Waals surface area (Å²) in [6.07, 6.45) is 0.255. The molecule has 0 radical (unpaired) electrons. The summed E-state index contributed by atoms with van der Waals surface area (Å²) < 4.78 is 39.2. The van der Waals surface area contributed by atoms with E-state index in [0.29, 0.717) is 6.07 Å². The van der Waals surface area contributed by atoms with Crippen molar-refractivity contribution in [2.24, 2.45) is 0 Å². The van der Waals surface area contributed by atoms with E-state index in [1.807, 2.05) is 31.2 Å². The molecule has 0 aliphatic rings. The molecule has 88 valence electrons. The summed E-state index contributed by atoms with van der Waals surface area (Å²) in [5.41, 5.74) is 2.08. The summed E-state index contributed by atoms with van der Waals surface area (Å²) in [4.78, 5) is 0. The summed E-state index contributed by atoms with van der Waals surface area (Å²) in [6.45, 7) is 1.92. The fourth-order valence-corrected chi connectivity index (χ4v) is 1.74. The highest BCUT2D eigenvalue weighted by Crippen LogP contribution is 2.17. The molecule has 0 heterocycles. The fraction of sp³-hybridized carbons (Fsp3) is 0.143.